The molecule has 1 aliphatic carbocycles. The lowest BCUT2D eigenvalue weighted by molar-refractivity contribution is -0.389. The molecule has 2 saturated heterocycles. The molecule has 6 nitrogen and oxygen atoms in total. The van der Waals surface area contributed by atoms with E-state index in [2.05, 4.69) is 0 Å². The van der Waals surface area contributed by atoms with Crippen LogP contribution in [-0.2, 0) is 23.7 Å². The van der Waals surface area contributed by atoms with Gasteiger partial charge in [-0.2, -0.15) is 0 Å². The lowest BCUT2D eigenvalue weighted by atomic mass is 9.96. The van der Waals surface area contributed by atoms with Gasteiger partial charge in [-0.1, -0.05) is 0 Å². The fourth-order valence-electron chi connectivity index (χ4n) is 3.35. The lowest BCUT2D eigenvalue weighted by Gasteiger charge is -2.46. The number of ether oxygens (including phenoxy) is 5. The maximum Gasteiger partial charge on any atom is 0.248 e. The van der Waals surface area contributed by atoms with Gasteiger partial charge in [0.1, 0.15) is 5.60 Å². The van der Waals surface area contributed by atoms with Crippen LogP contribution in [0.3, 0.4) is 0 Å². The highest BCUT2D eigenvalue weighted by Gasteiger charge is 2.57. The molecule has 3 atom stereocenters. The van der Waals surface area contributed by atoms with Crippen LogP contribution >= 0.6 is 0 Å². The summed E-state index contributed by atoms with van der Waals surface area (Å²) < 4.78 is 28.8. The van der Waals surface area contributed by atoms with Crippen LogP contribution in [0.2, 0.25) is 0 Å². The summed E-state index contributed by atoms with van der Waals surface area (Å²) in [4.78, 5) is 0. The van der Waals surface area contributed by atoms with Gasteiger partial charge in [-0.05, 0) is 50.0 Å². The molecule has 0 radical (unpaired) electrons. The minimum Gasteiger partial charge on any atom is -0.368 e. The molecule has 1 N–H and O–H groups in total. The molecular formula is C16H24O6. The van der Waals surface area contributed by atoms with Gasteiger partial charge in [-0.3, -0.25) is 0 Å². The first-order chi connectivity index (χ1) is 10.6. The van der Waals surface area contributed by atoms with E-state index in [1.165, 1.54) is 0 Å². The first kappa shape index (κ1) is 16.1. The van der Waals surface area contributed by atoms with Crippen molar-refractivity contribution < 1.29 is 28.8 Å². The van der Waals surface area contributed by atoms with Gasteiger partial charge >= 0.3 is 0 Å². The van der Waals surface area contributed by atoms with Gasteiger partial charge in [0.25, 0.3) is 0 Å². The summed E-state index contributed by atoms with van der Waals surface area (Å²) in [5.41, 5.74) is -0.697. The SMILES string of the molecule is CO[C@]12C=CC3(C=C[C@]1(OC)OCCO2)CCCCC(O)O3. The van der Waals surface area contributed by atoms with E-state index in [9.17, 15) is 5.11 Å². The Balaban J connectivity index is 2.02. The van der Waals surface area contributed by atoms with E-state index in [-0.39, 0.29) is 0 Å². The minimum atomic E-state index is -1.17. The summed E-state index contributed by atoms with van der Waals surface area (Å²) >= 11 is 0. The Hall–Kier alpha value is -0.760. The van der Waals surface area contributed by atoms with Crippen molar-refractivity contribution in [1.82, 2.24) is 0 Å². The molecule has 0 aromatic rings. The topological polar surface area (TPSA) is 66.4 Å². The molecule has 124 valence electrons. The van der Waals surface area contributed by atoms with Gasteiger partial charge in [0.05, 0.1) is 13.2 Å². The van der Waals surface area contributed by atoms with Gasteiger partial charge in [0.2, 0.25) is 11.6 Å². The maximum atomic E-state index is 9.98. The third-order valence-electron chi connectivity index (χ3n) is 4.60. The molecule has 2 aliphatic heterocycles. The Morgan fingerprint density at radius 2 is 1.55 bits per heavy atom. The molecule has 2 fully saturated rings. The number of methoxy groups -OCH3 is 2. The maximum absolute atomic E-state index is 9.98. The summed E-state index contributed by atoms with van der Waals surface area (Å²) in [6, 6.07) is 0. The van der Waals surface area contributed by atoms with Gasteiger partial charge in [-0.25, -0.2) is 0 Å². The van der Waals surface area contributed by atoms with Crippen LogP contribution in [0.25, 0.3) is 0 Å². The summed E-state index contributed by atoms with van der Waals surface area (Å²) in [5, 5.41) is 9.98. The van der Waals surface area contributed by atoms with Crippen molar-refractivity contribution in [2.75, 3.05) is 27.4 Å². The van der Waals surface area contributed by atoms with Crippen molar-refractivity contribution in [2.45, 2.75) is 49.1 Å². The number of aliphatic hydroxyl groups excluding tert-OH is 1. The average Bonchev–Trinajstić information content (AvgIpc) is 2.81. The molecule has 2 heterocycles. The van der Waals surface area contributed by atoms with Crippen molar-refractivity contribution in [3.05, 3.63) is 24.3 Å². The molecule has 0 aromatic heterocycles. The van der Waals surface area contributed by atoms with Crippen LogP contribution in [0, 0.1) is 0 Å². The average molecular weight is 312 g/mol. The van der Waals surface area contributed by atoms with Crippen LogP contribution in [0.15, 0.2) is 24.3 Å². The fourth-order valence-corrected chi connectivity index (χ4v) is 3.35. The van der Waals surface area contributed by atoms with Gasteiger partial charge in [0, 0.05) is 14.2 Å². The molecule has 0 saturated carbocycles. The van der Waals surface area contributed by atoms with E-state index in [1.807, 2.05) is 12.2 Å². The van der Waals surface area contributed by atoms with E-state index in [4.69, 9.17) is 23.7 Å². The molecule has 3 rings (SSSR count). The number of hydrogen-bond donors (Lipinski definition) is 1. The molecule has 3 aliphatic rings. The summed E-state index contributed by atoms with van der Waals surface area (Å²) in [7, 11) is 3.11. The number of fused-ring (bicyclic) bond motifs is 1. The number of aliphatic hydroxyl groups is 1. The molecule has 0 aromatic carbocycles. The predicted molar refractivity (Wildman–Crippen MR) is 78.0 cm³/mol. The minimum absolute atomic E-state index is 0.410. The smallest absolute Gasteiger partial charge is 0.248 e. The Kier molecular flexibility index (Phi) is 4.42. The van der Waals surface area contributed by atoms with Crippen LogP contribution in [-0.4, -0.2) is 56.0 Å². The van der Waals surface area contributed by atoms with Crippen LogP contribution in [0.5, 0.6) is 0 Å². The monoisotopic (exact) mass is 312 g/mol. The van der Waals surface area contributed by atoms with Crippen LogP contribution in [0.1, 0.15) is 25.7 Å². The van der Waals surface area contributed by atoms with Gasteiger partial charge in [0.15, 0.2) is 6.29 Å². The lowest BCUT2D eigenvalue weighted by Crippen LogP contribution is -2.61. The summed E-state index contributed by atoms with van der Waals surface area (Å²) in [6.45, 7) is 0.821. The highest BCUT2D eigenvalue weighted by Crippen LogP contribution is 2.42. The Bertz CT molecular complexity index is 432. The normalized spacial score (nSPS) is 41.0. The molecule has 22 heavy (non-hydrogen) atoms. The third kappa shape index (κ3) is 2.54. The second kappa shape index (κ2) is 6.03. The zero-order valence-corrected chi connectivity index (χ0v) is 13.1. The standard InChI is InChI=1S/C16H24O6/c1-18-15-9-7-14(6-4-3-5-13(17)22-14)8-10-16(15,19-2)21-12-11-20-15/h7-10,13,17H,3-6,11-12H2,1-2H3/t13?,15-,16-/m0/s1. The van der Waals surface area contributed by atoms with Crippen molar-refractivity contribution in [2.24, 2.45) is 0 Å². The highest BCUT2D eigenvalue weighted by atomic mass is 16.8. The van der Waals surface area contributed by atoms with Crippen molar-refractivity contribution in [1.29, 1.82) is 0 Å². The Morgan fingerprint density at radius 1 is 0.955 bits per heavy atom. The predicted octanol–water partition coefficient (Wildman–Crippen LogP) is 1.49. The van der Waals surface area contributed by atoms with E-state index in [0.29, 0.717) is 19.6 Å². The highest BCUT2D eigenvalue weighted by molar-refractivity contribution is 5.28. The fraction of sp³-hybridized carbons (Fsp3) is 0.750. The molecular weight excluding hydrogens is 288 g/mol. The van der Waals surface area contributed by atoms with Gasteiger partial charge < -0.3 is 28.8 Å². The number of hydrogen-bond acceptors (Lipinski definition) is 6. The largest absolute Gasteiger partial charge is 0.368 e. The van der Waals surface area contributed by atoms with Crippen LogP contribution < -0.4 is 0 Å². The molecule has 0 amide bonds. The van der Waals surface area contributed by atoms with E-state index >= 15 is 0 Å². The quantitative estimate of drug-likeness (QED) is 0.779. The summed E-state index contributed by atoms with van der Waals surface area (Å²) in [6.07, 6.45) is 9.87. The van der Waals surface area contributed by atoms with Crippen LogP contribution in [0.4, 0.5) is 0 Å². The second-order valence-corrected chi connectivity index (χ2v) is 5.88. The number of rotatable bonds is 2. The third-order valence-corrected chi connectivity index (χ3v) is 4.60. The molecule has 1 unspecified atom stereocenters. The summed E-state index contributed by atoms with van der Waals surface area (Å²) in [5.74, 6) is -2.33. The Morgan fingerprint density at radius 3 is 2.09 bits per heavy atom. The van der Waals surface area contributed by atoms with Gasteiger partial charge in [-0.15, -0.1) is 0 Å². The van der Waals surface area contributed by atoms with Crippen molar-refractivity contribution in [3.63, 3.8) is 0 Å². The van der Waals surface area contributed by atoms with E-state index in [0.717, 1.165) is 19.3 Å². The molecule has 6 heteroatoms. The second-order valence-electron chi connectivity index (χ2n) is 5.88. The molecule has 0 bridgehead atoms. The van der Waals surface area contributed by atoms with Crippen molar-refractivity contribution in [3.8, 4) is 0 Å². The zero-order chi connectivity index (χ0) is 15.7. The van der Waals surface area contributed by atoms with Crippen molar-refractivity contribution >= 4 is 0 Å². The van der Waals surface area contributed by atoms with E-state index in [1.54, 1.807) is 26.4 Å². The first-order valence-electron chi connectivity index (χ1n) is 7.74. The first-order valence-corrected chi connectivity index (χ1v) is 7.74. The molecule has 1 spiro atoms. The Labute approximate surface area is 130 Å². The van der Waals surface area contributed by atoms with E-state index < -0.39 is 23.5 Å². The zero-order valence-electron chi connectivity index (χ0n) is 13.1.